The summed E-state index contributed by atoms with van der Waals surface area (Å²) in [5, 5.41) is 7.51. The van der Waals surface area contributed by atoms with Crippen molar-refractivity contribution in [3.8, 4) is 10.4 Å². The molecule has 0 spiro atoms. The summed E-state index contributed by atoms with van der Waals surface area (Å²) in [6.45, 7) is 13.0. The zero-order valence-electron chi connectivity index (χ0n) is 22.9. The summed E-state index contributed by atoms with van der Waals surface area (Å²) in [5.41, 5.74) is 1.39. The molecule has 1 unspecified atom stereocenters. The largest absolute Gasteiger partial charge is 0.447 e. The Labute approximate surface area is 224 Å². The smallest absolute Gasteiger partial charge is 0.411 e. The summed E-state index contributed by atoms with van der Waals surface area (Å²) in [5.74, 6) is 0.326. The molecule has 1 saturated carbocycles. The summed E-state index contributed by atoms with van der Waals surface area (Å²) >= 11 is 1.63. The number of alkyl carbamates (subject to hydrolysis) is 1. The topological polar surface area (TPSA) is 107 Å². The Morgan fingerprint density at radius 2 is 1.62 bits per heavy atom. The number of hydrogen-bond acceptors (Lipinski definition) is 7. The van der Waals surface area contributed by atoms with E-state index < -0.39 is 13.2 Å². The van der Waals surface area contributed by atoms with Gasteiger partial charge in [-0.05, 0) is 72.2 Å². The fourth-order valence-corrected chi connectivity index (χ4v) is 7.15. The molecule has 3 rings (SSSR count). The first kappa shape index (κ1) is 29.2. The van der Waals surface area contributed by atoms with E-state index in [2.05, 4.69) is 10.6 Å². The number of rotatable bonds is 8. The number of thiazole rings is 1. The third-order valence-electron chi connectivity index (χ3n) is 6.58. The van der Waals surface area contributed by atoms with E-state index in [1.165, 1.54) is 0 Å². The van der Waals surface area contributed by atoms with E-state index >= 15 is 0 Å². The summed E-state index contributed by atoms with van der Waals surface area (Å²) in [6, 6.07) is 5.65. The van der Waals surface area contributed by atoms with Gasteiger partial charge in [-0.25, -0.2) is 14.6 Å². The fourth-order valence-electron chi connectivity index (χ4n) is 4.32. The molecule has 2 N–H and O–H groups in total. The van der Waals surface area contributed by atoms with Crippen molar-refractivity contribution in [1.82, 2.24) is 10.3 Å². The summed E-state index contributed by atoms with van der Waals surface area (Å²) in [7, 11) is -2.74. The zero-order chi connectivity index (χ0) is 27.3. The molecule has 1 aliphatic rings. The number of nitrogens with zero attached hydrogens (tertiary/aromatic N) is 1. The third kappa shape index (κ3) is 7.81. The van der Waals surface area contributed by atoms with Gasteiger partial charge in [0.1, 0.15) is 7.14 Å². The Morgan fingerprint density at radius 3 is 2.22 bits per heavy atom. The van der Waals surface area contributed by atoms with E-state index in [0.717, 1.165) is 46.4 Å². The van der Waals surface area contributed by atoms with E-state index in [0.29, 0.717) is 11.6 Å². The molecule has 8 nitrogen and oxygen atoms in total. The van der Waals surface area contributed by atoms with Crippen molar-refractivity contribution in [2.75, 3.05) is 12.0 Å². The van der Waals surface area contributed by atoms with Crippen LogP contribution in [0.4, 0.5) is 15.3 Å². The average Bonchev–Trinajstić information content (AvgIpc) is 3.28. The molecule has 10 heteroatoms. The first-order chi connectivity index (χ1) is 17.4. The van der Waals surface area contributed by atoms with Gasteiger partial charge in [0.25, 0.3) is 0 Å². The molecular formula is C27H40N3O5PS. The molecule has 1 aromatic heterocycles. The van der Waals surface area contributed by atoms with Gasteiger partial charge in [-0.3, -0.25) is 5.32 Å². The highest BCUT2D eigenvalue weighted by atomic mass is 32.1. The number of hydrogen-bond donors (Lipinski definition) is 2. The Morgan fingerprint density at radius 1 is 1.00 bits per heavy atom. The maximum Gasteiger partial charge on any atom is 0.411 e. The van der Waals surface area contributed by atoms with Crippen LogP contribution in [0.25, 0.3) is 10.4 Å². The van der Waals surface area contributed by atoms with E-state index in [4.69, 9.17) is 14.5 Å². The SMILES string of the molecule is CC(C)OC(=O)Nc1ccc(-c2cnc([C@H]3CC[C@H](NC(=O)OC(C)C)CC3)s2)c(P(C)(=O)C(C)C)c1. The predicted molar refractivity (Wildman–Crippen MR) is 151 cm³/mol. The van der Waals surface area contributed by atoms with Crippen LogP contribution in [-0.4, -0.2) is 47.7 Å². The van der Waals surface area contributed by atoms with Crippen LogP contribution in [0, 0.1) is 0 Å². The van der Waals surface area contributed by atoms with Gasteiger partial charge in [0.15, 0.2) is 0 Å². The fraction of sp³-hybridized carbons (Fsp3) is 0.593. The summed E-state index contributed by atoms with van der Waals surface area (Å²) < 4.78 is 24.2. The van der Waals surface area contributed by atoms with Gasteiger partial charge >= 0.3 is 12.2 Å². The minimum absolute atomic E-state index is 0.0540. The van der Waals surface area contributed by atoms with Crippen molar-refractivity contribution < 1.29 is 23.6 Å². The van der Waals surface area contributed by atoms with Crippen molar-refractivity contribution in [2.24, 2.45) is 0 Å². The highest BCUT2D eigenvalue weighted by molar-refractivity contribution is 7.71. The molecule has 1 heterocycles. The van der Waals surface area contributed by atoms with Crippen LogP contribution in [0.5, 0.6) is 0 Å². The van der Waals surface area contributed by atoms with Crippen LogP contribution < -0.4 is 15.9 Å². The van der Waals surface area contributed by atoms with Crippen molar-refractivity contribution in [2.45, 2.75) is 97.1 Å². The normalized spacial score (nSPS) is 19.5. The van der Waals surface area contributed by atoms with E-state index in [-0.39, 0.29) is 30.0 Å². The number of carbonyl (C=O) groups excluding carboxylic acids is 2. The quantitative estimate of drug-likeness (QED) is 0.345. The monoisotopic (exact) mass is 549 g/mol. The van der Waals surface area contributed by atoms with Gasteiger partial charge in [-0.2, -0.15) is 0 Å². The lowest BCUT2D eigenvalue weighted by atomic mass is 9.86. The second-order valence-electron chi connectivity index (χ2n) is 10.6. The summed E-state index contributed by atoms with van der Waals surface area (Å²) in [4.78, 5) is 29.8. The lowest BCUT2D eigenvalue weighted by molar-refractivity contribution is 0.109. The molecule has 1 aliphatic carbocycles. The van der Waals surface area contributed by atoms with Crippen molar-refractivity contribution in [3.05, 3.63) is 29.4 Å². The number of aromatic nitrogens is 1. The third-order valence-corrected chi connectivity index (χ3v) is 11.1. The molecule has 2 amide bonds. The van der Waals surface area contributed by atoms with Gasteiger partial charge in [0.2, 0.25) is 0 Å². The second kappa shape index (κ2) is 12.4. The first-order valence-electron chi connectivity index (χ1n) is 13.0. The number of carbonyl (C=O) groups is 2. The van der Waals surface area contributed by atoms with Crippen LogP contribution in [-0.2, 0) is 14.0 Å². The van der Waals surface area contributed by atoms with Gasteiger partial charge in [-0.15, -0.1) is 11.3 Å². The number of amides is 2. The summed E-state index contributed by atoms with van der Waals surface area (Å²) in [6.07, 6.45) is 4.23. The Bertz CT molecular complexity index is 1140. The van der Waals surface area contributed by atoms with E-state index in [1.54, 1.807) is 31.8 Å². The lowest BCUT2D eigenvalue weighted by Gasteiger charge is -2.28. The van der Waals surface area contributed by atoms with Crippen LogP contribution in [0.15, 0.2) is 24.4 Å². The van der Waals surface area contributed by atoms with Gasteiger partial charge < -0.3 is 19.4 Å². The maximum absolute atomic E-state index is 13.8. The highest BCUT2D eigenvalue weighted by Gasteiger charge is 2.29. The van der Waals surface area contributed by atoms with E-state index in [1.807, 2.05) is 52.1 Å². The molecular weight excluding hydrogens is 509 g/mol. The van der Waals surface area contributed by atoms with Crippen molar-refractivity contribution in [1.29, 1.82) is 0 Å². The molecule has 0 saturated heterocycles. The Hall–Kier alpha value is -2.38. The molecule has 1 fully saturated rings. The molecule has 204 valence electrons. The molecule has 1 aromatic carbocycles. The molecule has 0 bridgehead atoms. The highest BCUT2D eigenvalue weighted by Crippen LogP contribution is 2.49. The van der Waals surface area contributed by atoms with E-state index in [9.17, 15) is 14.2 Å². The second-order valence-corrected chi connectivity index (χ2v) is 15.2. The minimum Gasteiger partial charge on any atom is -0.447 e. The van der Waals surface area contributed by atoms with Gasteiger partial charge in [0.05, 0.1) is 22.1 Å². The van der Waals surface area contributed by atoms with Crippen molar-refractivity contribution in [3.63, 3.8) is 0 Å². The first-order valence-corrected chi connectivity index (χ1v) is 16.0. The van der Waals surface area contributed by atoms with Gasteiger partial charge in [-0.1, -0.05) is 19.9 Å². The van der Waals surface area contributed by atoms with Gasteiger partial charge in [0, 0.05) is 40.4 Å². The van der Waals surface area contributed by atoms with Crippen molar-refractivity contribution >= 4 is 41.7 Å². The number of nitrogens with one attached hydrogen (secondary N) is 2. The van der Waals surface area contributed by atoms with Crippen LogP contribution >= 0.6 is 18.5 Å². The predicted octanol–water partition coefficient (Wildman–Crippen LogP) is 6.95. The molecule has 37 heavy (non-hydrogen) atoms. The average molecular weight is 550 g/mol. The zero-order valence-corrected chi connectivity index (χ0v) is 24.6. The Kier molecular flexibility index (Phi) is 9.81. The molecule has 0 radical (unpaired) electrons. The molecule has 0 aliphatic heterocycles. The number of benzene rings is 1. The minimum atomic E-state index is -2.74. The van der Waals surface area contributed by atoms with Crippen LogP contribution in [0.2, 0.25) is 0 Å². The molecule has 2 aromatic rings. The lowest BCUT2D eigenvalue weighted by Crippen LogP contribution is -2.38. The maximum atomic E-state index is 13.8. The van der Waals surface area contributed by atoms with Crippen LogP contribution in [0.1, 0.15) is 78.2 Å². The standard InChI is InChI=1S/C27H40N3O5PS/c1-16(2)34-26(31)29-20-10-8-19(9-11-20)25-28-15-24(37-25)22-13-12-21(30-27(32)35-17(3)4)14-23(22)36(7,33)18(5)6/h12-20H,8-11H2,1-7H3,(H,29,31)(H,30,32)/t19-,20-,36?. The number of anilines is 1. The molecule has 1 atom stereocenters. The van der Waals surface area contributed by atoms with Crippen LogP contribution in [0.3, 0.4) is 0 Å². The number of ether oxygens (including phenoxy) is 2. The Balaban J connectivity index is 1.78.